The maximum atomic E-state index is 12.3. The molecule has 0 spiro atoms. The Morgan fingerprint density at radius 1 is 1.09 bits per heavy atom. The van der Waals surface area contributed by atoms with Crippen molar-refractivity contribution in [2.75, 3.05) is 5.32 Å². The van der Waals surface area contributed by atoms with Crippen LogP contribution in [0.25, 0.3) is 0 Å². The van der Waals surface area contributed by atoms with E-state index in [1.807, 2.05) is 38.1 Å². The number of amides is 1. The van der Waals surface area contributed by atoms with Crippen LogP contribution in [0.15, 0.2) is 42.5 Å². The number of aryl methyl sites for hydroxylation is 2. The van der Waals surface area contributed by atoms with Gasteiger partial charge in [0.25, 0.3) is 0 Å². The van der Waals surface area contributed by atoms with Crippen molar-refractivity contribution < 1.29 is 9.59 Å². The number of carbonyl (C=O) groups excluding carboxylic acids is 2. The molecule has 2 aromatic carbocycles. The molecule has 0 saturated carbocycles. The maximum absolute atomic E-state index is 12.3. The Balaban J connectivity index is 1.95. The molecule has 23 heavy (non-hydrogen) atoms. The second-order valence-corrected chi connectivity index (χ2v) is 5.48. The van der Waals surface area contributed by atoms with E-state index in [0.29, 0.717) is 16.8 Å². The number of benzene rings is 2. The number of hydrogen-bond donors (Lipinski definition) is 1. The molecule has 116 valence electrons. The second-order valence-electron chi connectivity index (χ2n) is 5.48. The molecule has 0 aromatic heterocycles. The average Bonchev–Trinajstić information content (AvgIpc) is 2.55. The van der Waals surface area contributed by atoms with E-state index in [0.717, 1.165) is 11.1 Å². The lowest BCUT2D eigenvalue weighted by molar-refractivity contribution is -0.116. The molecule has 0 atom stereocenters. The van der Waals surface area contributed by atoms with Crippen molar-refractivity contribution in [3.8, 4) is 6.07 Å². The standard InChI is InChI=1S/C19H18N2O2/c1-13-6-7-14(2)17(10-13)18(22)8-9-19(23)21-16-5-3-4-15(11-16)12-20/h3-7,10-11H,8-9H2,1-2H3,(H,21,23). The number of Topliss-reactive ketones (excluding diaryl/α,β-unsaturated/α-hetero) is 1. The number of anilines is 1. The fraction of sp³-hybridized carbons (Fsp3) is 0.211. The highest BCUT2D eigenvalue weighted by atomic mass is 16.2. The van der Waals surface area contributed by atoms with Gasteiger partial charge in [0.15, 0.2) is 5.78 Å². The highest BCUT2D eigenvalue weighted by Gasteiger charge is 2.12. The summed E-state index contributed by atoms with van der Waals surface area (Å²) in [6, 6.07) is 14.4. The summed E-state index contributed by atoms with van der Waals surface area (Å²) in [6.07, 6.45) is 0.275. The third-order valence-corrected chi connectivity index (χ3v) is 3.55. The fourth-order valence-electron chi connectivity index (χ4n) is 2.29. The Hall–Kier alpha value is -2.93. The van der Waals surface area contributed by atoms with Gasteiger partial charge in [-0.2, -0.15) is 5.26 Å². The lowest BCUT2D eigenvalue weighted by Gasteiger charge is -2.07. The Morgan fingerprint density at radius 3 is 2.61 bits per heavy atom. The lowest BCUT2D eigenvalue weighted by Crippen LogP contribution is -2.14. The average molecular weight is 306 g/mol. The molecule has 0 aliphatic rings. The molecule has 2 rings (SSSR count). The van der Waals surface area contributed by atoms with Crippen LogP contribution >= 0.6 is 0 Å². The smallest absolute Gasteiger partial charge is 0.224 e. The third-order valence-electron chi connectivity index (χ3n) is 3.55. The van der Waals surface area contributed by atoms with Crippen LogP contribution in [-0.4, -0.2) is 11.7 Å². The van der Waals surface area contributed by atoms with Crippen LogP contribution in [-0.2, 0) is 4.79 Å². The van der Waals surface area contributed by atoms with Crippen molar-refractivity contribution in [3.63, 3.8) is 0 Å². The monoisotopic (exact) mass is 306 g/mol. The number of ketones is 1. The van der Waals surface area contributed by atoms with Gasteiger partial charge in [0.1, 0.15) is 0 Å². The van der Waals surface area contributed by atoms with Crippen molar-refractivity contribution in [2.24, 2.45) is 0 Å². The van der Waals surface area contributed by atoms with Crippen LogP contribution < -0.4 is 5.32 Å². The number of nitriles is 1. The van der Waals surface area contributed by atoms with E-state index in [4.69, 9.17) is 5.26 Å². The molecular weight excluding hydrogens is 288 g/mol. The summed E-state index contributed by atoms with van der Waals surface area (Å²) in [5, 5.41) is 11.5. The van der Waals surface area contributed by atoms with Crippen LogP contribution in [0.4, 0.5) is 5.69 Å². The largest absolute Gasteiger partial charge is 0.326 e. The van der Waals surface area contributed by atoms with Crippen molar-refractivity contribution in [1.29, 1.82) is 5.26 Å². The van der Waals surface area contributed by atoms with Crippen LogP contribution in [0, 0.1) is 25.2 Å². The van der Waals surface area contributed by atoms with Gasteiger partial charge in [0, 0.05) is 24.1 Å². The molecule has 1 amide bonds. The highest BCUT2D eigenvalue weighted by Crippen LogP contribution is 2.15. The van der Waals surface area contributed by atoms with E-state index in [1.165, 1.54) is 0 Å². The first-order chi connectivity index (χ1) is 11.0. The predicted molar refractivity (Wildman–Crippen MR) is 89.3 cm³/mol. The fourth-order valence-corrected chi connectivity index (χ4v) is 2.29. The molecule has 0 unspecified atom stereocenters. The molecular formula is C19H18N2O2. The Bertz CT molecular complexity index is 788. The Morgan fingerprint density at radius 2 is 1.87 bits per heavy atom. The van der Waals surface area contributed by atoms with Gasteiger partial charge >= 0.3 is 0 Å². The van der Waals surface area contributed by atoms with Gasteiger partial charge in [-0.05, 0) is 43.7 Å². The molecule has 4 nitrogen and oxygen atoms in total. The summed E-state index contributed by atoms with van der Waals surface area (Å²) < 4.78 is 0. The number of nitrogens with one attached hydrogen (secondary N) is 1. The summed E-state index contributed by atoms with van der Waals surface area (Å²) in [6.45, 7) is 3.82. The van der Waals surface area contributed by atoms with Gasteiger partial charge in [-0.1, -0.05) is 23.8 Å². The summed E-state index contributed by atoms with van der Waals surface area (Å²) in [5.41, 5.74) is 3.66. The van der Waals surface area contributed by atoms with Crippen LogP contribution in [0.3, 0.4) is 0 Å². The minimum Gasteiger partial charge on any atom is -0.326 e. The SMILES string of the molecule is Cc1ccc(C)c(C(=O)CCC(=O)Nc2cccc(C#N)c2)c1. The summed E-state index contributed by atoms with van der Waals surface area (Å²) in [7, 11) is 0. The van der Waals surface area contributed by atoms with Gasteiger partial charge in [0.05, 0.1) is 11.6 Å². The van der Waals surface area contributed by atoms with Gasteiger partial charge in [0.2, 0.25) is 5.91 Å². The molecule has 0 aliphatic heterocycles. The minimum atomic E-state index is -0.237. The van der Waals surface area contributed by atoms with E-state index < -0.39 is 0 Å². The van der Waals surface area contributed by atoms with Gasteiger partial charge in [-0.25, -0.2) is 0 Å². The predicted octanol–water partition coefficient (Wildman–Crippen LogP) is 3.78. The molecule has 4 heteroatoms. The molecule has 0 radical (unpaired) electrons. The summed E-state index contributed by atoms with van der Waals surface area (Å²) in [4.78, 5) is 24.2. The molecule has 0 saturated heterocycles. The number of nitrogens with zero attached hydrogens (tertiary/aromatic N) is 1. The van der Waals surface area contributed by atoms with Crippen LogP contribution in [0.1, 0.15) is 39.9 Å². The highest BCUT2D eigenvalue weighted by molar-refractivity contribution is 6.01. The van der Waals surface area contributed by atoms with Gasteiger partial charge < -0.3 is 5.32 Å². The summed E-state index contributed by atoms with van der Waals surface area (Å²) >= 11 is 0. The topological polar surface area (TPSA) is 70.0 Å². The summed E-state index contributed by atoms with van der Waals surface area (Å²) in [5.74, 6) is -0.272. The normalized spacial score (nSPS) is 9.96. The first-order valence-corrected chi connectivity index (χ1v) is 7.40. The minimum absolute atomic E-state index is 0.0351. The van der Waals surface area contributed by atoms with Crippen molar-refractivity contribution in [1.82, 2.24) is 0 Å². The first-order valence-electron chi connectivity index (χ1n) is 7.40. The zero-order valence-electron chi connectivity index (χ0n) is 13.2. The molecule has 0 heterocycles. The number of rotatable bonds is 5. The van der Waals surface area contributed by atoms with Crippen molar-refractivity contribution >= 4 is 17.4 Å². The van der Waals surface area contributed by atoms with E-state index in [-0.39, 0.29) is 24.5 Å². The zero-order valence-corrected chi connectivity index (χ0v) is 13.2. The number of carbonyl (C=O) groups is 2. The Kier molecular flexibility index (Phi) is 5.27. The molecule has 1 N–H and O–H groups in total. The van der Waals surface area contributed by atoms with Crippen molar-refractivity contribution in [2.45, 2.75) is 26.7 Å². The molecule has 2 aromatic rings. The van der Waals surface area contributed by atoms with E-state index in [1.54, 1.807) is 24.3 Å². The van der Waals surface area contributed by atoms with Gasteiger partial charge in [-0.15, -0.1) is 0 Å². The van der Waals surface area contributed by atoms with E-state index >= 15 is 0 Å². The third kappa shape index (κ3) is 4.52. The van der Waals surface area contributed by atoms with E-state index in [2.05, 4.69) is 5.32 Å². The molecule has 0 aliphatic carbocycles. The lowest BCUT2D eigenvalue weighted by atomic mass is 9.99. The second kappa shape index (κ2) is 7.37. The van der Waals surface area contributed by atoms with Crippen LogP contribution in [0.2, 0.25) is 0 Å². The van der Waals surface area contributed by atoms with Crippen LogP contribution in [0.5, 0.6) is 0 Å². The quantitative estimate of drug-likeness (QED) is 0.855. The Labute approximate surface area is 135 Å². The maximum Gasteiger partial charge on any atom is 0.224 e. The van der Waals surface area contributed by atoms with E-state index in [9.17, 15) is 9.59 Å². The zero-order chi connectivity index (χ0) is 16.8. The molecule has 0 fully saturated rings. The van der Waals surface area contributed by atoms with Gasteiger partial charge in [-0.3, -0.25) is 9.59 Å². The first kappa shape index (κ1) is 16.4. The molecule has 0 bridgehead atoms. The van der Waals surface area contributed by atoms with Crippen molar-refractivity contribution in [3.05, 3.63) is 64.7 Å². The number of hydrogen-bond acceptors (Lipinski definition) is 3.